The Morgan fingerprint density at radius 1 is 1.45 bits per heavy atom. The van der Waals surface area contributed by atoms with Crippen LogP contribution in [0.2, 0.25) is 0 Å². The maximum absolute atomic E-state index is 9.64. The van der Waals surface area contributed by atoms with Crippen LogP contribution in [-0.2, 0) is 0 Å². The van der Waals surface area contributed by atoms with Gasteiger partial charge in [0.2, 0.25) is 0 Å². The molecule has 0 saturated carbocycles. The van der Waals surface area contributed by atoms with Crippen molar-refractivity contribution in [2.24, 2.45) is 5.92 Å². The Morgan fingerprint density at radius 2 is 2.09 bits per heavy atom. The summed E-state index contributed by atoms with van der Waals surface area (Å²) in [6, 6.07) is 0. The van der Waals surface area contributed by atoms with Gasteiger partial charge in [0.15, 0.2) is 0 Å². The van der Waals surface area contributed by atoms with Crippen molar-refractivity contribution in [2.75, 3.05) is 0 Å². The molecule has 0 aliphatic carbocycles. The third kappa shape index (κ3) is 2.12. The zero-order valence-electron chi connectivity index (χ0n) is 7.58. The summed E-state index contributed by atoms with van der Waals surface area (Å²) >= 11 is 2.04. The average Bonchev–Trinajstić information content (AvgIpc) is 1.99. The Labute approximate surface area is 73.6 Å². The summed E-state index contributed by atoms with van der Waals surface area (Å²) in [6.07, 6.45) is 2.13. The molecule has 4 atom stereocenters. The standard InChI is InChI=1S/C9H18OS/c1-4-8-5-9(10)6(2)7(3)11-8/h6-10H,4-5H2,1-3H3/t6-,7-,8-,9+/m1/s1. The quantitative estimate of drug-likeness (QED) is 0.658. The Hall–Kier alpha value is 0.310. The molecule has 1 N–H and O–H groups in total. The largest absolute Gasteiger partial charge is 0.393 e. The van der Waals surface area contributed by atoms with Gasteiger partial charge in [-0.1, -0.05) is 20.8 Å². The number of rotatable bonds is 1. The number of aliphatic hydroxyl groups excluding tert-OH is 1. The first-order chi connectivity index (χ1) is 5.15. The van der Waals surface area contributed by atoms with Gasteiger partial charge in [0.25, 0.3) is 0 Å². The second kappa shape index (κ2) is 3.81. The minimum atomic E-state index is -0.0591. The SMILES string of the molecule is CC[C@@H]1C[C@H](O)[C@H](C)[C@@H](C)S1. The maximum atomic E-state index is 9.64. The van der Waals surface area contributed by atoms with Gasteiger partial charge in [-0.05, 0) is 18.8 Å². The highest BCUT2D eigenvalue weighted by Gasteiger charge is 2.30. The summed E-state index contributed by atoms with van der Waals surface area (Å²) in [5, 5.41) is 11.0. The minimum Gasteiger partial charge on any atom is -0.393 e. The van der Waals surface area contributed by atoms with E-state index in [9.17, 15) is 5.11 Å². The summed E-state index contributed by atoms with van der Waals surface area (Å²) in [7, 11) is 0. The molecule has 0 bridgehead atoms. The second-order valence-electron chi connectivity index (χ2n) is 3.53. The van der Waals surface area contributed by atoms with E-state index in [-0.39, 0.29) is 6.10 Å². The van der Waals surface area contributed by atoms with Crippen molar-refractivity contribution >= 4 is 11.8 Å². The normalized spacial score (nSPS) is 45.8. The fourth-order valence-electron chi connectivity index (χ4n) is 1.54. The van der Waals surface area contributed by atoms with Gasteiger partial charge in [0.1, 0.15) is 0 Å². The highest BCUT2D eigenvalue weighted by atomic mass is 32.2. The Kier molecular flexibility index (Phi) is 3.26. The summed E-state index contributed by atoms with van der Waals surface area (Å²) in [5.74, 6) is 0.475. The molecule has 0 aromatic carbocycles. The van der Waals surface area contributed by atoms with Crippen LogP contribution < -0.4 is 0 Å². The van der Waals surface area contributed by atoms with E-state index in [0.29, 0.717) is 16.4 Å². The second-order valence-corrected chi connectivity index (χ2v) is 5.22. The van der Waals surface area contributed by atoms with Gasteiger partial charge in [-0.15, -0.1) is 0 Å². The van der Waals surface area contributed by atoms with Crippen molar-refractivity contribution in [3.63, 3.8) is 0 Å². The van der Waals surface area contributed by atoms with Crippen molar-refractivity contribution in [1.29, 1.82) is 0 Å². The molecule has 1 saturated heterocycles. The Balaban J connectivity index is 2.47. The molecule has 1 aliphatic heterocycles. The van der Waals surface area contributed by atoms with Crippen molar-refractivity contribution in [1.82, 2.24) is 0 Å². The smallest absolute Gasteiger partial charge is 0.0586 e. The van der Waals surface area contributed by atoms with Crippen LogP contribution in [0.4, 0.5) is 0 Å². The van der Waals surface area contributed by atoms with Crippen LogP contribution >= 0.6 is 11.8 Å². The molecular formula is C9H18OS. The Morgan fingerprint density at radius 3 is 2.55 bits per heavy atom. The van der Waals surface area contributed by atoms with E-state index in [1.807, 2.05) is 11.8 Å². The van der Waals surface area contributed by atoms with Gasteiger partial charge in [-0.2, -0.15) is 11.8 Å². The molecule has 66 valence electrons. The lowest BCUT2D eigenvalue weighted by Gasteiger charge is -2.35. The topological polar surface area (TPSA) is 20.2 Å². The van der Waals surface area contributed by atoms with Gasteiger partial charge >= 0.3 is 0 Å². The molecule has 1 aliphatic rings. The van der Waals surface area contributed by atoms with Gasteiger partial charge < -0.3 is 5.11 Å². The average molecular weight is 174 g/mol. The molecule has 11 heavy (non-hydrogen) atoms. The van der Waals surface area contributed by atoms with Crippen molar-refractivity contribution in [3.05, 3.63) is 0 Å². The van der Waals surface area contributed by atoms with E-state index in [1.54, 1.807) is 0 Å². The molecule has 1 nitrogen and oxygen atoms in total. The van der Waals surface area contributed by atoms with Crippen LogP contribution in [0.1, 0.15) is 33.6 Å². The molecule has 0 aromatic rings. The molecule has 1 heterocycles. The molecular weight excluding hydrogens is 156 g/mol. The highest BCUT2D eigenvalue weighted by Crippen LogP contribution is 2.36. The summed E-state index contributed by atoms with van der Waals surface area (Å²) in [4.78, 5) is 0. The van der Waals surface area contributed by atoms with Crippen LogP contribution in [0, 0.1) is 5.92 Å². The first-order valence-electron chi connectivity index (χ1n) is 4.48. The molecule has 0 unspecified atom stereocenters. The molecule has 1 fully saturated rings. The van der Waals surface area contributed by atoms with Gasteiger partial charge in [-0.25, -0.2) is 0 Å². The van der Waals surface area contributed by atoms with E-state index in [1.165, 1.54) is 6.42 Å². The van der Waals surface area contributed by atoms with E-state index < -0.39 is 0 Å². The summed E-state index contributed by atoms with van der Waals surface area (Å²) in [6.45, 7) is 6.57. The monoisotopic (exact) mass is 174 g/mol. The van der Waals surface area contributed by atoms with Crippen molar-refractivity contribution < 1.29 is 5.11 Å². The third-order valence-corrected chi connectivity index (χ3v) is 4.48. The summed E-state index contributed by atoms with van der Waals surface area (Å²) < 4.78 is 0. The Bertz CT molecular complexity index is 115. The predicted molar refractivity (Wildman–Crippen MR) is 50.9 cm³/mol. The maximum Gasteiger partial charge on any atom is 0.0586 e. The van der Waals surface area contributed by atoms with Gasteiger partial charge in [0, 0.05) is 10.5 Å². The van der Waals surface area contributed by atoms with Crippen LogP contribution in [-0.4, -0.2) is 21.7 Å². The number of thioether (sulfide) groups is 1. The number of hydrogen-bond donors (Lipinski definition) is 1. The van der Waals surface area contributed by atoms with Crippen molar-refractivity contribution in [2.45, 2.75) is 50.2 Å². The zero-order valence-corrected chi connectivity index (χ0v) is 8.40. The van der Waals surface area contributed by atoms with Crippen LogP contribution in [0.25, 0.3) is 0 Å². The molecule has 0 amide bonds. The first kappa shape index (κ1) is 9.40. The van der Waals surface area contributed by atoms with Gasteiger partial charge in [0.05, 0.1) is 6.10 Å². The van der Waals surface area contributed by atoms with Crippen molar-refractivity contribution in [3.8, 4) is 0 Å². The first-order valence-corrected chi connectivity index (χ1v) is 5.43. The highest BCUT2D eigenvalue weighted by molar-refractivity contribution is 8.00. The molecule has 1 rings (SSSR count). The summed E-state index contributed by atoms with van der Waals surface area (Å²) in [5.41, 5.74) is 0. The van der Waals surface area contributed by atoms with E-state index in [4.69, 9.17) is 0 Å². The number of aliphatic hydroxyl groups is 1. The van der Waals surface area contributed by atoms with Crippen LogP contribution in [0.5, 0.6) is 0 Å². The zero-order chi connectivity index (χ0) is 8.43. The lowest BCUT2D eigenvalue weighted by atomic mass is 9.96. The lowest BCUT2D eigenvalue weighted by Crippen LogP contribution is -2.34. The van der Waals surface area contributed by atoms with E-state index in [2.05, 4.69) is 20.8 Å². The molecule has 0 aromatic heterocycles. The fraction of sp³-hybridized carbons (Fsp3) is 1.00. The van der Waals surface area contributed by atoms with Crippen LogP contribution in [0.15, 0.2) is 0 Å². The number of hydrogen-bond acceptors (Lipinski definition) is 2. The van der Waals surface area contributed by atoms with Gasteiger partial charge in [-0.3, -0.25) is 0 Å². The molecule has 0 radical (unpaired) electrons. The van der Waals surface area contributed by atoms with E-state index in [0.717, 1.165) is 6.42 Å². The fourth-order valence-corrected chi connectivity index (χ4v) is 3.08. The van der Waals surface area contributed by atoms with E-state index >= 15 is 0 Å². The molecule has 2 heteroatoms. The molecule has 0 spiro atoms. The lowest BCUT2D eigenvalue weighted by molar-refractivity contribution is 0.101. The predicted octanol–water partition coefficient (Wildman–Crippen LogP) is 2.29. The van der Waals surface area contributed by atoms with Crippen LogP contribution in [0.3, 0.4) is 0 Å². The minimum absolute atomic E-state index is 0.0591. The third-order valence-electron chi connectivity index (χ3n) is 2.71.